The molecule has 3 atom stereocenters. The standard InChI is InChI=1S/C17H27ClN2O/c1-3-16(19)17(13-7-9-14(18)10-8-13)20(2)12-15-6-4-5-11-21-15/h7-10,15-17H,3-6,11-12,19H2,1-2H3. The van der Waals surface area contributed by atoms with Crippen molar-refractivity contribution in [3.63, 3.8) is 0 Å². The van der Waals surface area contributed by atoms with Gasteiger partial charge in [-0.3, -0.25) is 4.90 Å². The molecular formula is C17H27ClN2O. The minimum Gasteiger partial charge on any atom is -0.377 e. The van der Waals surface area contributed by atoms with Gasteiger partial charge in [-0.1, -0.05) is 30.7 Å². The third-order valence-corrected chi connectivity index (χ3v) is 4.58. The maximum absolute atomic E-state index is 6.38. The molecule has 0 aromatic heterocycles. The summed E-state index contributed by atoms with van der Waals surface area (Å²) in [4.78, 5) is 2.34. The average molecular weight is 311 g/mol. The van der Waals surface area contributed by atoms with Gasteiger partial charge in [0.2, 0.25) is 0 Å². The molecule has 0 radical (unpaired) electrons. The van der Waals surface area contributed by atoms with E-state index in [4.69, 9.17) is 22.1 Å². The van der Waals surface area contributed by atoms with E-state index in [1.165, 1.54) is 18.4 Å². The SMILES string of the molecule is CCC(N)C(c1ccc(Cl)cc1)N(C)CC1CCCCO1. The van der Waals surface area contributed by atoms with E-state index in [0.29, 0.717) is 6.10 Å². The van der Waals surface area contributed by atoms with Crippen LogP contribution in [0.5, 0.6) is 0 Å². The van der Waals surface area contributed by atoms with Crippen molar-refractivity contribution in [2.24, 2.45) is 5.73 Å². The molecule has 2 N–H and O–H groups in total. The minimum absolute atomic E-state index is 0.111. The largest absolute Gasteiger partial charge is 0.377 e. The van der Waals surface area contributed by atoms with E-state index in [2.05, 4.69) is 31.0 Å². The summed E-state index contributed by atoms with van der Waals surface area (Å²) in [7, 11) is 2.15. The van der Waals surface area contributed by atoms with Crippen molar-refractivity contribution in [1.29, 1.82) is 0 Å². The molecule has 1 heterocycles. The molecule has 0 bridgehead atoms. The molecule has 2 rings (SSSR count). The number of benzene rings is 1. The van der Waals surface area contributed by atoms with Crippen molar-refractivity contribution in [3.8, 4) is 0 Å². The van der Waals surface area contributed by atoms with Crippen LogP contribution in [0.3, 0.4) is 0 Å². The highest BCUT2D eigenvalue weighted by Gasteiger charge is 2.26. The van der Waals surface area contributed by atoms with Gasteiger partial charge in [0.05, 0.1) is 6.10 Å². The number of hydrogen-bond acceptors (Lipinski definition) is 3. The highest BCUT2D eigenvalue weighted by atomic mass is 35.5. The molecule has 0 spiro atoms. The number of halogens is 1. The summed E-state index contributed by atoms with van der Waals surface area (Å²) in [6.45, 7) is 3.96. The van der Waals surface area contributed by atoms with E-state index in [1.807, 2.05) is 12.1 Å². The Bertz CT molecular complexity index is 417. The van der Waals surface area contributed by atoms with E-state index >= 15 is 0 Å². The van der Waals surface area contributed by atoms with Gasteiger partial charge < -0.3 is 10.5 Å². The maximum atomic E-state index is 6.38. The number of hydrogen-bond donors (Lipinski definition) is 1. The normalized spacial score (nSPS) is 22.2. The molecule has 1 saturated heterocycles. The molecule has 1 aliphatic heterocycles. The van der Waals surface area contributed by atoms with Crippen LogP contribution in [0, 0.1) is 0 Å². The van der Waals surface area contributed by atoms with Crippen LogP contribution in [0.4, 0.5) is 0 Å². The van der Waals surface area contributed by atoms with Crippen LogP contribution in [-0.2, 0) is 4.74 Å². The molecule has 0 amide bonds. The first-order valence-electron chi connectivity index (χ1n) is 7.94. The van der Waals surface area contributed by atoms with Gasteiger partial charge in [0.25, 0.3) is 0 Å². The second-order valence-electron chi connectivity index (χ2n) is 6.00. The predicted octanol–water partition coefficient (Wildman–Crippen LogP) is 3.62. The van der Waals surface area contributed by atoms with Crippen LogP contribution in [-0.4, -0.2) is 37.2 Å². The van der Waals surface area contributed by atoms with Gasteiger partial charge in [0.15, 0.2) is 0 Å². The highest BCUT2D eigenvalue weighted by Crippen LogP contribution is 2.26. The molecule has 0 aliphatic carbocycles. The smallest absolute Gasteiger partial charge is 0.0702 e. The first-order valence-corrected chi connectivity index (χ1v) is 8.32. The highest BCUT2D eigenvalue weighted by molar-refractivity contribution is 6.30. The molecule has 21 heavy (non-hydrogen) atoms. The second-order valence-corrected chi connectivity index (χ2v) is 6.43. The van der Waals surface area contributed by atoms with E-state index in [1.54, 1.807) is 0 Å². The van der Waals surface area contributed by atoms with Crippen molar-refractivity contribution >= 4 is 11.6 Å². The zero-order valence-electron chi connectivity index (χ0n) is 13.1. The van der Waals surface area contributed by atoms with E-state index in [0.717, 1.165) is 31.0 Å². The van der Waals surface area contributed by atoms with Gasteiger partial charge in [0, 0.05) is 30.3 Å². The number of nitrogens with zero attached hydrogens (tertiary/aromatic N) is 1. The number of nitrogens with two attached hydrogens (primary N) is 1. The van der Waals surface area contributed by atoms with Crippen LogP contribution in [0.15, 0.2) is 24.3 Å². The minimum atomic E-state index is 0.111. The molecule has 4 heteroatoms. The number of likely N-dealkylation sites (N-methyl/N-ethyl adjacent to an activating group) is 1. The Kier molecular flexibility index (Phi) is 6.49. The lowest BCUT2D eigenvalue weighted by molar-refractivity contribution is -0.0104. The fourth-order valence-corrected chi connectivity index (χ4v) is 3.22. The Morgan fingerprint density at radius 1 is 1.33 bits per heavy atom. The van der Waals surface area contributed by atoms with Crippen molar-refractivity contribution < 1.29 is 4.74 Å². The van der Waals surface area contributed by atoms with E-state index < -0.39 is 0 Å². The van der Waals surface area contributed by atoms with Crippen LogP contribution in [0.2, 0.25) is 5.02 Å². The summed E-state index contributed by atoms with van der Waals surface area (Å²) in [5.41, 5.74) is 7.61. The zero-order chi connectivity index (χ0) is 15.2. The van der Waals surface area contributed by atoms with Gasteiger partial charge in [-0.15, -0.1) is 0 Å². The fourth-order valence-electron chi connectivity index (χ4n) is 3.10. The van der Waals surface area contributed by atoms with Gasteiger partial charge in [0.1, 0.15) is 0 Å². The molecule has 1 aliphatic rings. The molecule has 118 valence electrons. The third kappa shape index (κ3) is 4.68. The molecule has 3 unspecified atom stereocenters. The summed E-state index contributed by atoms with van der Waals surface area (Å²) in [6.07, 6.45) is 4.89. The van der Waals surface area contributed by atoms with Crippen molar-refractivity contribution in [1.82, 2.24) is 4.90 Å². The zero-order valence-corrected chi connectivity index (χ0v) is 13.9. The predicted molar refractivity (Wildman–Crippen MR) is 88.7 cm³/mol. The molecule has 1 fully saturated rings. The molecule has 1 aromatic carbocycles. The molecule has 3 nitrogen and oxygen atoms in total. The van der Waals surface area contributed by atoms with Crippen LogP contribution >= 0.6 is 11.6 Å². The first kappa shape index (κ1) is 16.8. The van der Waals surface area contributed by atoms with Gasteiger partial charge in [-0.25, -0.2) is 0 Å². The summed E-state index contributed by atoms with van der Waals surface area (Å²) in [5.74, 6) is 0. The van der Waals surface area contributed by atoms with Crippen molar-refractivity contribution in [2.75, 3.05) is 20.2 Å². The van der Waals surface area contributed by atoms with Gasteiger partial charge in [-0.2, -0.15) is 0 Å². The van der Waals surface area contributed by atoms with E-state index in [9.17, 15) is 0 Å². The topological polar surface area (TPSA) is 38.5 Å². The lowest BCUT2D eigenvalue weighted by Gasteiger charge is -2.36. The van der Waals surface area contributed by atoms with Crippen LogP contribution in [0.25, 0.3) is 0 Å². The molecule has 1 aromatic rings. The second kappa shape index (κ2) is 8.14. The Hall–Kier alpha value is -0.610. The Balaban J connectivity index is 2.09. The average Bonchev–Trinajstić information content (AvgIpc) is 2.50. The summed E-state index contributed by atoms with van der Waals surface area (Å²) in [6, 6.07) is 8.37. The lowest BCUT2D eigenvalue weighted by atomic mass is 9.96. The summed E-state index contributed by atoms with van der Waals surface area (Å²) >= 11 is 6.00. The van der Waals surface area contributed by atoms with Crippen molar-refractivity contribution in [2.45, 2.75) is 50.8 Å². The van der Waals surface area contributed by atoms with Crippen molar-refractivity contribution in [3.05, 3.63) is 34.9 Å². The number of rotatable bonds is 6. The van der Waals surface area contributed by atoms with Gasteiger partial charge in [-0.05, 0) is 50.4 Å². The molecular weight excluding hydrogens is 284 g/mol. The Morgan fingerprint density at radius 3 is 2.62 bits per heavy atom. The monoisotopic (exact) mass is 310 g/mol. The lowest BCUT2D eigenvalue weighted by Crippen LogP contribution is -2.43. The van der Waals surface area contributed by atoms with Crippen LogP contribution < -0.4 is 5.73 Å². The first-order chi connectivity index (χ1) is 10.1. The summed E-state index contributed by atoms with van der Waals surface area (Å²) < 4.78 is 5.86. The third-order valence-electron chi connectivity index (χ3n) is 4.33. The van der Waals surface area contributed by atoms with Crippen LogP contribution in [0.1, 0.15) is 44.2 Å². The quantitative estimate of drug-likeness (QED) is 0.872. The number of ether oxygens (including phenoxy) is 1. The maximum Gasteiger partial charge on any atom is 0.0702 e. The fraction of sp³-hybridized carbons (Fsp3) is 0.647. The summed E-state index contributed by atoms with van der Waals surface area (Å²) in [5, 5.41) is 0.765. The van der Waals surface area contributed by atoms with Gasteiger partial charge >= 0.3 is 0 Å². The molecule has 0 saturated carbocycles. The van der Waals surface area contributed by atoms with E-state index in [-0.39, 0.29) is 12.1 Å². The Labute approximate surface area is 133 Å². The Morgan fingerprint density at radius 2 is 2.05 bits per heavy atom.